The minimum absolute atomic E-state index is 0.274. The van der Waals surface area contributed by atoms with E-state index in [1.54, 1.807) is 6.07 Å². The Balaban J connectivity index is 1.89. The van der Waals surface area contributed by atoms with E-state index in [0.29, 0.717) is 27.2 Å². The minimum atomic E-state index is -0.281. The minimum Gasteiger partial charge on any atom is -0.352 e. The standard InChI is InChI=1S/C13H10Cl2FNOS/c14-11-7-10(12(15)19-11)13(18)17-5-4-8-2-1-3-9(16)6-8/h1-3,6-7H,4-5H2,(H,17,18). The molecule has 1 aromatic carbocycles. The van der Waals surface area contributed by atoms with Crippen LogP contribution in [0.1, 0.15) is 15.9 Å². The second-order valence-corrected chi connectivity index (χ2v) is 6.16. The van der Waals surface area contributed by atoms with Gasteiger partial charge in [0.1, 0.15) is 10.2 Å². The fourth-order valence-corrected chi connectivity index (χ4v) is 3.06. The van der Waals surface area contributed by atoms with Gasteiger partial charge < -0.3 is 5.32 Å². The molecule has 2 aromatic rings. The molecule has 2 rings (SSSR count). The van der Waals surface area contributed by atoms with Crippen LogP contribution >= 0.6 is 34.5 Å². The third kappa shape index (κ3) is 3.93. The summed E-state index contributed by atoms with van der Waals surface area (Å²) in [6.45, 7) is 0.409. The molecule has 6 heteroatoms. The summed E-state index contributed by atoms with van der Waals surface area (Å²) in [6.07, 6.45) is 0.555. The van der Waals surface area contributed by atoms with Crippen molar-refractivity contribution in [2.75, 3.05) is 6.54 Å². The molecule has 0 unspecified atom stereocenters. The van der Waals surface area contributed by atoms with E-state index in [1.807, 2.05) is 6.07 Å². The highest BCUT2D eigenvalue weighted by atomic mass is 35.5. The summed E-state index contributed by atoms with van der Waals surface area (Å²) in [5.74, 6) is -0.555. The Morgan fingerprint density at radius 1 is 1.32 bits per heavy atom. The van der Waals surface area contributed by atoms with Gasteiger partial charge in [-0.15, -0.1) is 11.3 Å². The van der Waals surface area contributed by atoms with Gasteiger partial charge in [0, 0.05) is 6.54 Å². The highest BCUT2D eigenvalue weighted by molar-refractivity contribution is 7.20. The van der Waals surface area contributed by atoms with Crippen molar-refractivity contribution in [3.8, 4) is 0 Å². The molecular formula is C13H10Cl2FNOS. The van der Waals surface area contributed by atoms with Crippen molar-refractivity contribution in [1.29, 1.82) is 0 Å². The van der Waals surface area contributed by atoms with Gasteiger partial charge in [-0.25, -0.2) is 4.39 Å². The number of amides is 1. The van der Waals surface area contributed by atoms with Gasteiger partial charge in [0.05, 0.1) is 9.90 Å². The van der Waals surface area contributed by atoms with Gasteiger partial charge in [-0.3, -0.25) is 4.79 Å². The predicted molar refractivity (Wildman–Crippen MR) is 76.8 cm³/mol. The smallest absolute Gasteiger partial charge is 0.253 e. The molecule has 1 N–H and O–H groups in total. The van der Waals surface area contributed by atoms with Crippen molar-refractivity contribution in [2.45, 2.75) is 6.42 Å². The van der Waals surface area contributed by atoms with Crippen molar-refractivity contribution in [1.82, 2.24) is 5.32 Å². The van der Waals surface area contributed by atoms with Gasteiger partial charge in [0.2, 0.25) is 0 Å². The molecule has 0 aliphatic carbocycles. The maximum Gasteiger partial charge on any atom is 0.253 e. The van der Waals surface area contributed by atoms with Crippen molar-refractivity contribution in [2.24, 2.45) is 0 Å². The first kappa shape index (κ1) is 14.3. The lowest BCUT2D eigenvalue weighted by atomic mass is 10.1. The van der Waals surface area contributed by atoms with E-state index in [1.165, 1.54) is 18.2 Å². The average molecular weight is 318 g/mol. The number of carbonyl (C=O) groups excluding carboxylic acids is 1. The number of rotatable bonds is 4. The predicted octanol–water partition coefficient (Wildman–Crippen LogP) is 4.17. The SMILES string of the molecule is O=C(NCCc1cccc(F)c1)c1cc(Cl)sc1Cl. The summed E-state index contributed by atoms with van der Waals surface area (Å²) in [4.78, 5) is 11.8. The lowest BCUT2D eigenvalue weighted by molar-refractivity contribution is 0.0955. The summed E-state index contributed by atoms with van der Waals surface area (Å²) in [7, 11) is 0. The summed E-state index contributed by atoms with van der Waals surface area (Å²) in [5, 5.41) is 2.72. The first-order valence-electron chi connectivity index (χ1n) is 5.54. The van der Waals surface area contributed by atoms with Gasteiger partial charge in [-0.1, -0.05) is 35.3 Å². The molecule has 0 fully saturated rings. The normalized spacial score (nSPS) is 10.5. The Morgan fingerprint density at radius 2 is 2.11 bits per heavy atom. The van der Waals surface area contributed by atoms with Crippen LogP contribution in [0.15, 0.2) is 30.3 Å². The summed E-state index contributed by atoms with van der Waals surface area (Å²) < 4.78 is 13.8. The molecule has 0 radical (unpaired) electrons. The first-order valence-corrected chi connectivity index (χ1v) is 7.11. The molecule has 0 saturated carbocycles. The maximum atomic E-state index is 13.0. The second kappa shape index (κ2) is 6.37. The molecule has 0 saturated heterocycles. The molecule has 100 valence electrons. The van der Waals surface area contributed by atoms with Crippen LogP contribution in [0, 0.1) is 5.82 Å². The number of halogens is 3. The third-order valence-electron chi connectivity index (χ3n) is 2.49. The Morgan fingerprint density at radius 3 is 2.74 bits per heavy atom. The molecule has 0 spiro atoms. The number of hydrogen-bond acceptors (Lipinski definition) is 2. The van der Waals surface area contributed by atoms with E-state index >= 15 is 0 Å². The molecule has 0 aliphatic heterocycles. The van der Waals surface area contributed by atoms with E-state index in [-0.39, 0.29) is 11.7 Å². The Hall–Kier alpha value is -1.10. The largest absolute Gasteiger partial charge is 0.352 e. The zero-order chi connectivity index (χ0) is 13.8. The van der Waals surface area contributed by atoms with Gasteiger partial charge in [0.25, 0.3) is 5.91 Å². The number of hydrogen-bond donors (Lipinski definition) is 1. The van der Waals surface area contributed by atoms with E-state index in [4.69, 9.17) is 23.2 Å². The maximum absolute atomic E-state index is 13.0. The lowest BCUT2D eigenvalue weighted by Crippen LogP contribution is -2.25. The average Bonchev–Trinajstić information content (AvgIpc) is 2.68. The van der Waals surface area contributed by atoms with E-state index in [2.05, 4.69) is 5.32 Å². The molecule has 0 bridgehead atoms. The van der Waals surface area contributed by atoms with Gasteiger partial charge in [0.15, 0.2) is 0 Å². The summed E-state index contributed by atoms with van der Waals surface area (Å²) >= 11 is 12.8. The van der Waals surface area contributed by atoms with Crippen LogP contribution in [0.4, 0.5) is 4.39 Å². The van der Waals surface area contributed by atoms with Crippen LogP contribution in [-0.4, -0.2) is 12.5 Å². The second-order valence-electron chi connectivity index (χ2n) is 3.87. The van der Waals surface area contributed by atoms with Gasteiger partial charge in [-0.05, 0) is 30.2 Å². The number of benzene rings is 1. The molecule has 1 amide bonds. The van der Waals surface area contributed by atoms with Crippen molar-refractivity contribution in [3.05, 3.63) is 55.9 Å². The highest BCUT2D eigenvalue weighted by Crippen LogP contribution is 2.30. The van der Waals surface area contributed by atoms with E-state index in [9.17, 15) is 9.18 Å². The zero-order valence-corrected chi connectivity index (χ0v) is 12.1. The molecule has 0 atom stereocenters. The Kier molecular flexibility index (Phi) is 4.80. The quantitative estimate of drug-likeness (QED) is 0.901. The summed E-state index contributed by atoms with van der Waals surface area (Å²) in [6, 6.07) is 7.81. The number of carbonyl (C=O) groups is 1. The lowest BCUT2D eigenvalue weighted by Gasteiger charge is -2.04. The van der Waals surface area contributed by atoms with Gasteiger partial charge in [-0.2, -0.15) is 0 Å². The molecule has 1 heterocycles. The van der Waals surface area contributed by atoms with Crippen LogP contribution in [0.3, 0.4) is 0 Å². The van der Waals surface area contributed by atoms with Gasteiger partial charge >= 0.3 is 0 Å². The van der Waals surface area contributed by atoms with Crippen molar-refractivity contribution in [3.63, 3.8) is 0 Å². The molecular weight excluding hydrogens is 308 g/mol. The molecule has 2 nitrogen and oxygen atoms in total. The monoisotopic (exact) mass is 317 g/mol. The molecule has 0 aliphatic rings. The van der Waals surface area contributed by atoms with E-state index < -0.39 is 0 Å². The van der Waals surface area contributed by atoms with Crippen LogP contribution < -0.4 is 5.32 Å². The van der Waals surface area contributed by atoms with Crippen LogP contribution in [-0.2, 0) is 6.42 Å². The fourth-order valence-electron chi connectivity index (χ4n) is 1.60. The van der Waals surface area contributed by atoms with Crippen LogP contribution in [0.25, 0.3) is 0 Å². The van der Waals surface area contributed by atoms with Crippen LogP contribution in [0.2, 0.25) is 8.67 Å². The molecule has 1 aromatic heterocycles. The Bertz CT molecular complexity index is 600. The van der Waals surface area contributed by atoms with Crippen molar-refractivity contribution >= 4 is 40.4 Å². The Labute approximate surface area is 124 Å². The molecule has 19 heavy (non-hydrogen) atoms. The van der Waals surface area contributed by atoms with E-state index in [0.717, 1.165) is 16.9 Å². The summed E-state index contributed by atoms with van der Waals surface area (Å²) in [5.41, 5.74) is 1.20. The zero-order valence-electron chi connectivity index (χ0n) is 9.75. The first-order chi connectivity index (χ1) is 9.06. The van der Waals surface area contributed by atoms with Crippen LogP contribution in [0.5, 0.6) is 0 Å². The van der Waals surface area contributed by atoms with Crippen molar-refractivity contribution < 1.29 is 9.18 Å². The third-order valence-corrected chi connectivity index (χ3v) is 3.98. The number of nitrogens with one attached hydrogen (secondary N) is 1. The highest BCUT2D eigenvalue weighted by Gasteiger charge is 2.13. The number of thiophene rings is 1. The topological polar surface area (TPSA) is 29.1 Å². The fraction of sp³-hybridized carbons (Fsp3) is 0.154.